The highest BCUT2D eigenvalue weighted by molar-refractivity contribution is 7.54. The van der Waals surface area contributed by atoms with Gasteiger partial charge in [0.15, 0.2) is 0 Å². The number of hydrogen-bond acceptors (Lipinski definition) is 2. The van der Waals surface area contributed by atoms with E-state index in [2.05, 4.69) is 18.9 Å². The first-order chi connectivity index (χ1) is 8.42. The van der Waals surface area contributed by atoms with Gasteiger partial charge in [-0.25, -0.2) is 9.76 Å². The number of alkyl halides is 2. The largest absolute Gasteiger partial charge is 0.344 e. The molecule has 0 aromatic carbocycles. The molecule has 7 heteroatoms. The Morgan fingerprint density at radius 3 is 2.39 bits per heavy atom. The molecule has 18 heavy (non-hydrogen) atoms. The highest BCUT2D eigenvalue weighted by Crippen LogP contribution is 2.52. The van der Waals surface area contributed by atoms with Crippen LogP contribution in [0.4, 0.5) is 0 Å². The molecule has 0 saturated carbocycles. The van der Waals surface area contributed by atoms with Crippen molar-refractivity contribution in [2.45, 2.75) is 39.3 Å². The van der Waals surface area contributed by atoms with E-state index < -0.39 is 7.67 Å². The lowest BCUT2D eigenvalue weighted by molar-refractivity contribution is 0.0940. The minimum atomic E-state index is -3.01. The Hall–Kier alpha value is 0.690. The van der Waals surface area contributed by atoms with Crippen LogP contribution in [0.25, 0.3) is 0 Å². The second-order valence-electron chi connectivity index (χ2n) is 5.01. The van der Waals surface area contributed by atoms with E-state index in [0.717, 1.165) is 6.42 Å². The quantitative estimate of drug-likeness (QED) is 0.603. The van der Waals surface area contributed by atoms with Gasteiger partial charge in [-0.15, -0.1) is 23.2 Å². The number of hydrogen-bond donors (Lipinski definition) is 1. The Labute approximate surface area is 120 Å². The Balaban J connectivity index is 2.83. The minimum Gasteiger partial charge on any atom is -0.302 e. The Bertz CT molecular complexity index is 299. The lowest BCUT2D eigenvalue weighted by Crippen LogP contribution is -2.44. The van der Waals surface area contributed by atoms with E-state index in [-0.39, 0.29) is 12.1 Å². The van der Waals surface area contributed by atoms with Crippen molar-refractivity contribution in [3.63, 3.8) is 0 Å². The van der Waals surface area contributed by atoms with Crippen molar-refractivity contribution in [3.05, 3.63) is 0 Å². The second kappa shape index (κ2) is 7.47. The summed E-state index contributed by atoms with van der Waals surface area (Å²) < 4.78 is 20.5. The summed E-state index contributed by atoms with van der Waals surface area (Å²) >= 11 is 11.5. The van der Waals surface area contributed by atoms with E-state index in [0.29, 0.717) is 30.8 Å². The van der Waals surface area contributed by atoms with Crippen LogP contribution in [-0.4, -0.2) is 41.7 Å². The average Bonchev–Trinajstić information content (AvgIpc) is 2.27. The fourth-order valence-corrected chi connectivity index (χ4v) is 5.14. The molecule has 3 atom stereocenters. The molecule has 1 saturated heterocycles. The molecule has 108 valence electrons. The number of rotatable bonds is 6. The third-order valence-electron chi connectivity index (χ3n) is 3.05. The average molecular weight is 317 g/mol. The molecule has 1 aliphatic rings. The maximum absolute atomic E-state index is 12.9. The third kappa shape index (κ3) is 4.36. The number of halogens is 2. The molecular formula is C11H23Cl2N2O2P. The van der Waals surface area contributed by atoms with Crippen LogP contribution in [0.5, 0.6) is 0 Å². The lowest BCUT2D eigenvalue weighted by atomic mass is 10.0. The smallest absolute Gasteiger partial charge is 0.302 e. The summed E-state index contributed by atoms with van der Waals surface area (Å²) in [6.07, 6.45) is 0.886. The summed E-state index contributed by atoms with van der Waals surface area (Å²) in [6.45, 7) is 7.22. The van der Waals surface area contributed by atoms with Gasteiger partial charge in [-0.3, -0.25) is 4.57 Å². The summed E-state index contributed by atoms with van der Waals surface area (Å²) in [5.41, 5.74) is 0. The van der Waals surface area contributed by atoms with E-state index >= 15 is 0 Å². The number of nitrogens with one attached hydrogen (secondary N) is 1. The van der Waals surface area contributed by atoms with E-state index in [1.807, 2.05) is 6.92 Å². The Morgan fingerprint density at radius 1 is 1.39 bits per heavy atom. The van der Waals surface area contributed by atoms with Gasteiger partial charge in [0.2, 0.25) is 0 Å². The van der Waals surface area contributed by atoms with Crippen molar-refractivity contribution in [1.82, 2.24) is 9.76 Å². The second-order valence-corrected chi connectivity index (χ2v) is 7.84. The molecule has 3 unspecified atom stereocenters. The van der Waals surface area contributed by atoms with Gasteiger partial charge in [-0.1, -0.05) is 13.8 Å². The van der Waals surface area contributed by atoms with Crippen molar-refractivity contribution in [1.29, 1.82) is 0 Å². The maximum atomic E-state index is 12.9. The molecule has 1 N–H and O–H groups in total. The minimum absolute atomic E-state index is 0.0141. The van der Waals surface area contributed by atoms with Gasteiger partial charge in [0.05, 0.1) is 6.10 Å². The van der Waals surface area contributed by atoms with Crippen LogP contribution in [0.1, 0.15) is 27.2 Å². The van der Waals surface area contributed by atoms with Crippen LogP contribution in [-0.2, 0) is 9.09 Å². The van der Waals surface area contributed by atoms with Gasteiger partial charge in [-0.05, 0) is 19.3 Å². The summed E-state index contributed by atoms with van der Waals surface area (Å²) in [4.78, 5) is 0. The first-order valence-corrected chi connectivity index (χ1v) is 9.01. The topological polar surface area (TPSA) is 41.6 Å². The van der Waals surface area contributed by atoms with Crippen LogP contribution >= 0.6 is 30.9 Å². The Morgan fingerprint density at radius 2 is 1.94 bits per heavy atom. The van der Waals surface area contributed by atoms with Crippen LogP contribution < -0.4 is 5.09 Å². The molecule has 0 bridgehead atoms. The lowest BCUT2D eigenvalue weighted by Gasteiger charge is -2.41. The molecule has 0 radical (unpaired) electrons. The third-order valence-corrected chi connectivity index (χ3v) is 5.86. The zero-order valence-corrected chi connectivity index (χ0v) is 13.6. The summed E-state index contributed by atoms with van der Waals surface area (Å²) in [5.74, 6) is 1.16. The Kier molecular flexibility index (Phi) is 6.95. The molecule has 0 amide bonds. The van der Waals surface area contributed by atoms with Crippen molar-refractivity contribution >= 4 is 30.9 Å². The molecule has 1 fully saturated rings. The van der Waals surface area contributed by atoms with Crippen LogP contribution in [0, 0.1) is 5.92 Å². The fourth-order valence-electron chi connectivity index (χ4n) is 2.05. The highest BCUT2D eigenvalue weighted by atomic mass is 35.5. The van der Waals surface area contributed by atoms with E-state index in [1.54, 1.807) is 4.67 Å². The van der Waals surface area contributed by atoms with Crippen LogP contribution in [0.2, 0.25) is 0 Å². The predicted molar refractivity (Wildman–Crippen MR) is 77.5 cm³/mol. The SMILES string of the molecule is CC1CC(C(C)C)OP(=O)(N(CCCl)CCCl)N1. The van der Waals surface area contributed by atoms with Gasteiger partial charge in [0, 0.05) is 30.9 Å². The molecule has 0 spiro atoms. The molecular weight excluding hydrogens is 294 g/mol. The molecule has 0 aromatic heterocycles. The summed E-state index contributed by atoms with van der Waals surface area (Å²) in [7, 11) is -3.01. The maximum Gasteiger partial charge on any atom is 0.344 e. The van der Waals surface area contributed by atoms with Gasteiger partial charge in [0.1, 0.15) is 0 Å². The zero-order chi connectivity index (χ0) is 13.8. The van der Waals surface area contributed by atoms with Crippen molar-refractivity contribution in [2.24, 2.45) is 5.92 Å². The van der Waals surface area contributed by atoms with Crippen LogP contribution in [0.3, 0.4) is 0 Å². The van der Waals surface area contributed by atoms with Gasteiger partial charge in [-0.2, -0.15) is 0 Å². The molecule has 4 nitrogen and oxygen atoms in total. The van der Waals surface area contributed by atoms with Crippen molar-refractivity contribution in [3.8, 4) is 0 Å². The van der Waals surface area contributed by atoms with Crippen molar-refractivity contribution in [2.75, 3.05) is 24.8 Å². The molecule has 0 aromatic rings. The van der Waals surface area contributed by atoms with Crippen molar-refractivity contribution < 1.29 is 9.09 Å². The van der Waals surface area contributed by atoms with Gasteiger partial charge >= 0.3 is 7.67 Å². The first-order valence-electron chi connectivity index (χ1n) is 6.36. The molecule has 1 aliphatic heterocycles. The summed E-state index contributed by atoms with van der Waals surface area (Å²) in [5, 5.41) is 3.09. The van der Waals surface area contributed by atoms with E-state index in [4.69, 9.17) is 27.7 Å². The molecule has 1 rings (SSSR count). The zero-order valence-electron chi connectivity index (χ0n) is 11.2. The fraction of sp³-hybridized carbons (Fsp3) is 1.00. The standard InChI is InChI=1S/C11H23Cl2N2O2P/c1-9(2)11-8-10(3)14-18(16,17-11)15(6-4-12)7-5-13/h9-11H,4-8H2,1-3H3,(H,14,16). The first kappa shape index (κ1) is 16.7. The highest BCUT2D eigenvalue weighted by Gasteiger charge is 2.40. The van der Waals surface area contributed by atoms with E-state index in [9.17, 15) is 4.57 Å². The predicted octanol–water partition coefficient (Wildman–Crippen LogP) is 3.30. The van der Waals surface area contributed by atoms with Gasteiger partial charge < -0.3 is 4.52 Å². The number of nitrogens with zero attached hydrogens (tertiary/aromatic N) is 1. The van der Waals surface area contributed by atoms with Crippen LogP contribution in [0.15, 0.2) is 0 Å². The molecule has 0 aliphatic carbocycles. The molecule has 1 heterocycles. The van der Waals surface area contributed by atoms with Gasteiger partial charge in [0.25, 0.3) is 0 Å². The van der Waals surface area contributed by atoms with E-state index in [1.165, 1.54) is 0 Å². The summed E-state index contributed by atoms with van der Waals surface area (Å²) in [6, 6.07) is 0.171. The normalized spacial score (nSPS) is 33.3. The monoisotopic (exact) mass is 316 g/mol.